The normalized spacial score (nSPS) is 17.9. The number of carboxylic acid groups (broad SMARTS) is 1. The predicted molar refractivity (Wildman–Crippen MR) is 119 cm³/mol. The van der Waals surface area contributed by atoms with Gasteiger partial charge in [0.25, 0.3) is 0 Å². The van der Waals surface area contributed by atoms with E-state index >= 15 is 0 Å². The number of amides is 2. The molecule has 0 unspecified atom stereocenters. The van der Waals surface area contributed by atoms with Crippen LogP contribution in [0.1, 0.15) is 47.2 Å². The second-order valence-corrected chi connectivity index (χ2v) is 10.8. The van der Waals surface area contributed by atoms with Crippen LogP contribution in [0.3, 0.4) is 0 Å². The van der Waals surface area contributed by atoms with Gasteiger partial charge in [0, 0.05) is 63.4 Å². The monoisotopic (exact) mass is 439 g/mol. The molecule has 1 aromatic heterocycles. The van der Waals surface area contributed by atoms with Crippen molar-refractivity contribution in [1.29, 1.82) is 0 Å². The summed E-state index contributed by atoms with van der Waals surface area (Å²) in [6, 6.07) is -0.732. The van der Waals surface area contributed by atoms with Gasteiger partial charge in [0.05, 0.1) is 0 Å². The number of carbonyl (C=O) groups excluding carboxylic acids is 1. The van der Waals surface area contributed by atoms with Gasteiger partial charge in [-0.15, -0.1) is 11.3 Å². The van der Waals surface area contributed by atoms with E-state index in [0.29, 0.717) is 13.1 Å². The van der Waals surface area contributed by atoms with Crippen LogP contribution in [-0.4, -0.2) is 81.2 Å². The van der Waals surface area contributed by atoms with Gasteiger partial charge in [0.1, 0.15) is 6.04 Å². The lowest BCUT2D eigenvalue weighted by atomic mass is 9.82. The molecule has 2 rings (SSSR count). The number of piperazine rings is 1. The predicted octanol–water partition coefficient (Wildman–Crippen LogP) is 2.45. The first-order valence-corrected chi connectivity index (χ1v) is 11.2. The Balaban J connectivity index is 2.12. The zero-order valence-corrected chi connectivity index (χ0v) is 20.4. The molecule has 1 atom stereocenters. The van der Waals surface area contributed by atoms with E-state index in [1.165, 1.54) is 10.6 Å². The molecule has 1 aliphatic heterocycles. The van der Waals surface area contributed by atoms with E-state index in [9.17, 15) is 14.7 Å². The van der Waals surface area contributed by atoms with Crippen molar-refractivity contribution in [3.05, 3.63) is 15.9 Å². The lowest BCUT2D eigenvalue weighted by Crippen LogP contribution is -2.63. The standard InChI is InChI=1S/C21H37N5O3S/c1-20(2,3)16(26(19(28)29)21(4,5)6)17(27)25-11-9-24(10-12-25)13-15-14-30-18(22-7)23(15)8/h14,16H,9-13H2,1-8H3,(H,28,29)/t16-/m0/s1. The van der Waals surface area contributed by atoms with E-state index in [-0.39, 0.29) is 5.91 Å². The molecule has 0 aromatic carbocycles. The Kier molecular flexibility index (Phi) is 7.40. The van der Waals surface area contributed by atoms with Crippen LogP contribution in [0, 0.1) is 5.41 Å². The molecule has 8 nitrogen and oxygen atoms in total. The topological polar surface area (TPSA) is 81.4 Å². The van der Waals surface area contributed by atoms with Crippen molar-refractivity contribution in [2.75, 3.05) is 33.2 Å². The Morgan fingerprint density at radius 1 is 1.17 bits per heavy atom. The molecule has 9 heteroatoms. The number of thiazole rings is 1. The molecule has 1 aliphatic rings. The van der Waals surface area contributed by atoms with Crippen molar-refractivity contribution in [3.8, 4) is 0 Å². The van der Waals surface area contributed by atoms with Crippen molar-refractivity contribution < 1.29 is 14.7 Å². The summed E-state index contributed by atoms with van der Waals surface area (Å²) in [5.74, 6) is -0.104. The molecule has 2 heterocycles. The first-order chi connectivity index (χ1) is 13.8. The second-order valence-electron chi connectivity index (χ2n) is 9.99. The molecule has 1 aromatic rings. The van der Waals surface area contributed by atoms with Gasteiger partial charge >= 0.3 is 6.09 Å². The van der Waals surface area contributed by atoms with Gasteiger partial charge in [0.2, 0.25) is 5.91 Å². The van der Waals surface area contributed by atoms with E-state index in [4.69, 9.17) is 0 Å². The molecule has 30 heavy (non-hydrogen) atoms. The van der Waals surface area contributed by atoms with Crippen molar-refractivity contribution in [1.82, 2.24) is 19.3 Å². The van der Waals surface area contributed by atoms with Gasteiger partial charge in [-0.05, 0) is 26.2 Å². The van der Waals surface area contributed by atoms with Crippen LogP contribution >= 0.6 is 11.3 Å². The van der Waals surface area contributed by atoms with Crippen LogP contribution in [-0.2, 0) is 18.4 Å². The lowest BCUT2D eigenvalue weighted by molar-refractivity contribution is -0.144. The maximum absolute atomic E-state index is 13.5. The summed E-state index contributed by atoms with van der Waals surface area (Å²) in [5, 5.41) is 12.0. The molecule has 170 valence electrons. The quantitative estimate of drug-likeness (QED) is 0.781. The molecule has 0 saturated carbocycles. The van der Waals surface area contributed by atoms with Gasteiger partial charge in [-0.2, -0.15) is 0 Å². The van der Waals surface area contributed by atoms with E-state index in [1.54, 1.807) is 18.4 Å². The number of aromatic nitrogens is 1. The smallest absolute Gasteiger partial charge is 0.408 e. The fourth-order valence-corrected chi connectivity index (χ4v) is 4.78. The third-order valence-electron chi connectivity index (χ3n) is 5.52. The molecule has 0 radical (unpaired) electrons. The van der Waals surface area contributed by atoms with Crippen LogP contribution in [0.15, 0.2) is 10.4 Å². The average molecular weight is 440 g/mol. The van der Waals surface area contributed by atoms with E-state index < -0.39 is 23.1 Å². The van der Waals surface area contributed by atoms with E-state index in [0.717, 1.165) is 24.4 Å². The highest BCUT2D eigenvalue weighted by molar-refractivity contribution is 7.07. The minimum absolute atomic E-state index is 0.104. The average Bonchev–Trinajstić information content (AvgIpc) is 2.97. The Bertz CT molecular complexity index is 823. The molecule has 0 bridgehead atoms. The van der Waals surface area contributed by atoms with E-state index in [1.807, 2.05) is 53.5 Å². The largest absolute Gasteiger partial charge is 0.465 e. The molecular formula is C21H37N5O3S. The maximum atomic E-state index is 13.5. The van der Waals surface area contributed by atoms with Crippen molar-refractivity contribution in [2.24, 2.45) is 17.5 Å². The summed E-state index contributed by atoms with van der Waals surface area (Å²) in [6.07, 6.45) is -1.06. The van der Waals surface area contributed by atoms with Crippen LogP contribution in [0.4, 0.5) is 4.79 Å². The Labute approximate surface area is 183 Å². The Hall–Kier alpha value is -1.87. The number of rotatable bonds is 4. The van der Waals surface area contributed by atoms with Crippen molar-refractivity contribution in [3.63, 3.8) is 0 Å². The van der Waals surface area contributed by atoms with E-state index in [2.05, 4.69) is 19.8 Å². The number of carbonyl (C=O) groups is 2. The molecule has 2 amide bonds. The fourth-order valence-electron chi connectivity index (χ4n) is 3.93. The zero-order valence-electron chi connectivity index (χ0n) is 19.6. The number of hydrogen-bond acceptors (Lipinski definition) is 5. The highest BCUT2D eigenvalue weighted by Crippen LogP contribution is 2.31. The first-order valence-electron chi connectivity index (χ1n) is 10.4. The van der Waals surface area contributed by atoms with Gasteiger partial charge in [-0.1, -0.05) is 20.8 Å². The zero-order chi connectivity index (χ0) is 22.9. The van der Waals surface area contributed by atoms with Crippen LogP contribution in [0.25, 0.3) is 0 Å². The Morgan fingerprint density at radius 2 is 1.73 bits per heavy atom. The van der Waals surface area contributed by atoms with Crippen LogP contribution < -0.4 is 4.80 Å². The highest BCUT2D eigenvalue weighted by Gasteiger charge is 2.46. The van der Waals surface area contributed by atoms with Crippen LogP contribution in [0.2, 0.25) is 0 Å². The molecule has 1 saturated heterocycles. The second kappa shape index (κ2) is 9.09. The maximum Gasteiger partial charge on any atom is 0.408 e. The molecule has 1 N–H and O–H groups in total. The molecule has 0 spiro atoms. The summed E-state index contributed by atoms with van der Waals surface area (Å²) < 4.78 is 2.10. The minimum Gasteiger partial charge on any atom is -0.465 e. The summed E-state index contributed by atoms with van der Waals surface area (Å²) >= 11 is 1.63. The van der Waals surface area contributed by atoms with Gasteiger partial charge in [0.15, 0.2) is 4.80 Å². The summed E-state index contributed by atoms with van der Waals surface area (Å²) in [4.78, 5) is 36.3. The molecular weight excluding hydrogens is 402 g/mol. The SMILES string of the molecule is CN=c1scc(CN2CCN(C(=O)[C@H](N(C(=O)O)C(C)(C)C)C(C)(C)C)CC2)n1C. The van der Waals surface area contributed by atoms with Crippen LogP contribution in [0.5, 0.6) is 0 Å². The van der Waals surface area contributed by atoms with Gasteiger partial charge < -0.3 is 14.6 Å². The summed E-state index contributed by atoms with van der Waals surface area (Å²) in [5.41, 5.74) is 0.0270. The molecule has 1 fully saturated rings. The summed E-state index contributed by atoms with van der Waals surface area (Å²) in [6.45, 7) is 14.8. The fraction of sp³-hybridized carbons (Fsp3) is 0.762. The van der Waals surface area contributed by atoms with Gasteiger partial charge in [-0.3, -0.25) is 19.6 Å². The van der Waals surface area contributed by atoms with Crippen molar-refractivity contribution in [2.45, 2.75) is 59.7 Å². The van der Waals surface area contributed by atoms with Crippen molar-refractivity contribution >= 4 is 23.3 Å². The third-order valence-corrected chi connectivity index (χ3v) is 6.58. The Morgan fingerprint density at radius 3 is 2.13 bits per heavy atom. The minimum atomic E-state index is -1.06. The highest BCUT2D eigenvalue weighted by atomic mass is 32.1. The lowest BCUT2D eigenvalue weighted by Gasteiger charge is -2.47. The number of hydrogen-bond donors (Lipinski definition) is 1. The number of nitrogens with zero attached hydrogens (tertiary/aromatic N) is 5. The first kappa shape index (κ1) is 24.4. The summed E-state index contributed by atoms with van der Waals surface area (Å²) in [7, 11) is 3.82. The third kappa shape index (κ3) is 5.43. The van der Waals surface area contributed by atoms with Gasteiger partial charge in [-0.25, -0.2) is 4.79 Å². The molecule has 0 aliphatic carbocycles.